The van der Waals surface area contributed by atoms with Crippen LogP contribution in [0.2, 0.25) is 0 Å². The number of amides is 1. The molecule has 3 nitrogen and oxygen atoms in total. The van der Waals surface area contributed by atoms with Crippen LogP contribution in [0.3, 0.4) is 0 Å². The zero-order valence-corrected chi connectivity index (χ0v) is 12.4. The van der Waals surface area contributed by atoms with E-state index < -0.39 is 0 Å². The third-order valence-corrected chi connectivity index (χ3v) is 4.67. The molecule has 3 N–H and O–H groups in total. The van der Waals surface area contributed by atoms with Gasteiger partial charge in [-0.2, -0.15) is 0 Å². The first-order valence-electron chi connectivity index (χ1n) is 6.96. The molecule has 0 atom stereocenters. The van der Waals surface area contributed by atoms with E-state index in [2.05, 4.69) is 39.1 Å². The van der Waals surface area contributed by atoms with Crippen molar-refractivity contribution in [2.75, 3.05) is 6.54 Å². The third-order valence-electron chi connectivity index (χ3n) is 4.67. The highest BCUT2D eigenvalue weighted by Gasteiger charge is 2.48. The van der Waals surface area contributed by atoms with Crippen LogP contribution in [0.1, 0.15) is 40.7 Å². The molecule has 0 aliphatic heterocycles. The van der Waals surface area contributed by atoms with Crippen LogP contribution in [-0.4, -0.2) is 12.5 Å². The molecule has 1 fully saturated rings. The molecule has 0 unspecified atom stereocenters. The van der Waals surface area contributed by atoms with Crippen molar-refractivity contribution in [3.8, 4) is 0 Å². The second-order valence-electron chi connectivity index (χ2n) is 5.91. The Hall–Kier alpha value is -1.35. The fourth-order valence-electron chi connectivity index (χ4n) is 2.59. The highest BCUT2D eigenvalue weighted by molar-refractivity contribution is 5.85. The van der Waals surface area contributed by atoms with Crippen LogP contribution in [0.15, 0.2) is 6.07 Å². The number of benzene rings is 1. The van der Waals surface area contributed by atoms with Gasteiger partial charge >= 0.3 is 0 Å². The van der Waals surface area contributed by atoms with E-state index >= 15 is 0 Å². The first kappa shape index (κ1) is 14.1. The molecule has 0 heterocycles. The standard InChI is InChI=1S/C16H24N2O/c1-10-7-11(2)13(4)14(12(10)3)8-18-15(19)16(9-17)5-6-16/h7H,5-6,8-9,17H2,1-4H3,(H,18,19). The van der Waals surface area contributed by atoms with Crippen LogP contribution in [0.25, 0.3) is 0 Å². The highest BCUT2D eigenvalue weighted by atomic mass is 16.2. The number of nitrogens with two attached hydrogens (primary N) is 1. The summed E-state index contributed by atoms with van der Waals surface area (Å²) in [5, 5.41) is 3.07. The number of aryl methyl sites for hydroxylation is 2. The van der Waals surface area contributed by atoms with Gasteiger partial charge in [-0.1, -0.05) is 6.07 Å². The summed E-state index contributed by atoms with van der Waals surface area (Å²) in [5.74, 6) is 0.118. The Morgan fingerprint density at radius 1 is 1.21 bits per heavy atom. The van der Waals surface area contributed by atoms with Gasteiger partial charge in [-0.15, -0.1) is 0 Å². The monoisotopic (exact) mass is 260 g/mol. The fraction of sp³-hybridized carbons (Fsp3) is 0.562. The van der Waals surface area contributed by atoms with E-state index in [1.807, 2.05) is 0 Å². The lowest BCUT2D eigenvalue weighted by Gasteiger charge is -2.18. The maximum Gasteiger partial charge on any atom is 0.227 e. The van der Waals surface area contributed by atoms with Crippen molar-refractivity contribution in [1.82, 2.24) is 5.32 Å². The molecule has 1 aliphatic rings. The molecule has 0 saturated heterocycles. The molecule has 2 rings (SSSR count). The predicted octanol–water partition coefficient (Wildman–Crippen LogP) is 2.28. The molecule has 0 spiro atoms. The predicted molar refractivity (Wildman–Crippen MR) is 78.0 cm³/mol. The molecule has 0 radical (unpaired) electrons. The number of rotatable bonds is 4. The van der Waals surface area contributed by atoms with Gasteiger partial charge in [0.15, 0.2) is 0 Å². The van der Waals surface area contributed by atoms with Crippen LogP contribution in [-0.2, 0) is 11.3 Å². The molecule has 1 aliphatic carbocycles. The minimum absolute atomic E-state index is 0.118. The van der Waals surface area contributed by atoms with Crippen molar-refractivity contribution in [2.45, 2.75) is 47.1 Å². The zero-order chi connectivity index (χ0) is 14.2. The average molecular weight is 260 g/mol. The Labute approximate surface area is 115 Å². The van der Waals surface area contributed by atoms with Crippen LogP contribution in [0, 0.1) is 33.1 Å². The van der Waals surface area contributed by atoms with Crippen molar-refractivity contribution < 1.29 is 4.79 Å². The molecule has 1 aromatic rings. The zero-order valence-electron chi connectivity index (χ0n) is 12.4. The maximum absolute atomic E-state index is 12.1. The van der Waals surface area contributed by atoms with Gasteiger partial charge in [0.2, 0.25) is 5.91 Å². The summed E-state index contributed by atoms with van der Waals surface area (Å²) in [7, 11) is 0. The normalized spacial score (nSPS) is 16.3. The highest BCUT2D eigenvalue weighted by Crippen LogP contribution is 2.44. The summed E-state index contributed by atoms with van der Waals surface area (Å²) in [4.78, 5) is 12.1. The smallest absolute Gasteiger partial charge is 0.227 e. The largest absolute Gasteiger partial charge is 0.351 e. The molecule has 1 amide bonds. The number of carbonyl (C=O) groups is 1. The second-order valence-corrected chi connectivity index (χ2v) is 5.91. The average Bonchev–Trinajstić information content (AvgIpc) is 3.17. The Bertz CT molecular complexity index is 490. The fourth-order valence-corrected chi connectivity index (χ4v) is 2.59. The quantitative estimate of drug-likeness (QED) is 0.872. The first-order chi connectivity index (χ1) is 8.91. The molecule has 0 bridgehead atoms. The van der Waals surface area contributed by atoms with Crippen LogP contribution < -0.4 is 11.1 Å². The van der Waals surface area contributed by atoms with Crippen LogP contribution >= 0.6 is 0 Å². The number of nitrogens with one attached hydrogen (secondary N) is 1. The first-order valence-corrected chi connectivity index (χ1v) is 6.96. The summed E-state index contributed by atoms with van der Waals surface area (Å²) in [6, 6.07) is 2.21. The van der Waals surface area contributed by atoms with E-state index in [1.54, 1.807) is 0 Å². The van der Waals surface area contributed by atoms with E-state index in [4.69, 9.17) is 5.73 Å². The number of hydrogen-bond acceptors (Lipinski definition) is 2. The van der Waals surface area contributed by atoms with E-state index in [-0.39, 0.29) is 11.3 Å². The number of hydrogen-bond donors (Lipinski definition) is 2. The lowest BCUT2D eigenvalue weighted by molar-refractivity contribution is -0.126. The van der Waals surface area contributed by atoms with Gasteiger partial charge in [-0.25, -0.2) is 0 Å². The van der Waals surface area contributed by atoms with Gasteiger partial charge in [-0.3, -0.25) is 4.79 Å². The molecular formula is C16H24N2O. The minimum atomic E-state index is -0.263. The molecule has 19 heavy (non-hydrogen) atoms. The maximum atomic E-state index is 12.1. The minimum Gasteiger partial charge on any atom is -0.351 e. The summed E-state index contributed by atoms with van der Waals surface area (Å²) in [6.45, 7) is 9.56. The molecular weight excluding hydrogens is 236 g/mol. The van der Waals surface area contributed by atoms with Crippen molar-refractivity contribution in [2.24, 2.45) is 11.1 Å². The molecule has 1 saturated carbocycles. The molecule has 0 aromatic heterocycles. The Morgan fingerprint density at radius 2 is 1.74 bits per heavy atom. The van der Waals surface area contributed by atoms with Crippen LogP contribution in [0.5, 0.6) is 0 Å². The third kappa shape index (κ3) is 2.52. The van der Waals surface area contributed by atoms with Gasteiger partial charge in [0.25, 0.3) is 0 Å². The summed E-state index contributed by atoms with van der Waals surface area (Å²) in [6.07, 6.45) is 1.86. The van der Waals surface area contributed by atoms with Crippen molar-refractivity contribution in [3.05, 3.63) is 33.9 Å². The molecule has 3 heteroatoms. The molecule has 104 valence electrons. The van der Waals surface area contributed by atoms with Gasteiger partial charge in [0.1, 0.15) is 0 Å². The number of carbonyl (C=O) groups excluding carboxylic acids is 1. The van der Waals surface area contributed by atoms with Crippen molar-refractivity contribution in [3.63, 3.8) is 0 Å². The second kappa shape index (κ2) is 4.97. The van der Waals surface area contributed by atoms with E-state index in [1.165, 1.54) is 27.8 Å². The van der Waals surface area contributed by atoms with E-state index in [0.717, 1.165) is 12.8 Å². The van der Waals surface area contributed by atoms with Crippen LogP contribution in [0.4, 0.5) is 0 Å². The Kier molecular flexibility index (Phi) is 3.68. The van der Waals surface area contributed by atoms with E-state index in [0.29, 0.717) is 13.1 Å². The molecule has 1 aromatic carbocycles. The van der Waals surface area contributed by atoms with Crippen molar-refractivity contribution in [1.29, 1.82) is 0 Å². The van der Waals surface area contributed by atoms with Crippen molar-refractivity contribution >= 4 is 5.91 Å². The Balaban J connectivity index is 2.14. The summed E-state index contributed by atoms with van der Waals surface area (Å²) < 4.78 is 0. The summed E-state index contributed by atoms with van der Waals surface area (Å²) >= 11 is 0. The van der Waals surface area contributed by atoms with Gasteiger partial charge in [0.05, 0.1) is 5.41 Å². The van der Waals surface area contributed by atoms with E-state index in [9.17, 15) is 4.79 Å². The lowest BCUT2D eigenvalue weighted by Crippen LogP contribution is -2.36. The topological polar surface area (TPSA) is 55.1 Å². The summed E-state index contributed by atoms with van der Waals surface area (Å²) in [5.41, 5.74) is 11.8. The van der Waals surface area contributed by atoms with Gasteiger partial charge < -0.3 is 11.1 Å². The lowest BCUT2D eigenvalue weighted by atomic mass is 9.94. The SMILES string of the molecule is Cc1cc(C)c(C)c(CNC(=O)C2(CN)CC2)c1C. The van der Waals surface area contributed by atoms with Gasteiger partial charge in [-0.05, 0) is 68.4 Å². The Morgan fingerprint density at radius 3 is 2.16 bits per heavy atom. The van der Waals surface area contributed by atoms with Gasteiger partial charge in [0, 0.05) is 13.1 Å².